The number of hydrogen-bond acceptors (Lipinski definition) is 0. The van der Waals surface area contributed by atoms with Crippen LogP contribution in [0.5, 0.6) is 0 Å². The summed E-state index contributed by atoms with van der Waals surface area (Å²) >= 11 is 0. The van der Waals surface area contributed by atoms with E-state index in [9.17, 15) is 0 Å². The van der Waals surface area contributed by atoms with Gasteiger partial charge in [0.15, 0.2) is 0 Å². The molecule has 0 heterocycles. The van der Waals surface area contributed by atoms with E-state index in [1.807, 2.05) is 0 Å². The minimum atomic E-state index is 0.129. The Kier molecular flexibility index (Phi) is 2.19. The third-order valence-electron chi connectivity index (χ3n) is 3.28. The van der Waals surface area contributed by atoms with Crippen LogP contribution in [-0.4, -0.2) is 0 Å². The molecule has 3 rings (SSSR count). The van der Waals surface area contributed by atoms with Crippen molar-refractivity contribution in [2.45, 2.75) is 13.8 Å². The van der Waals surface area contributed by atoms with E-state index < -0.39 is 0 Å². The smallest absolute Gasteiger partial charge is 0.00167 e. The van der Waals surface area contributed by atoms with Crippen molar-refractivity contribution in [3.63, 3.8) is 0 Å². The van der Waals surface area contributed by atoms with Gasteiger partial charge in [-0.2, -0.15) is 0 Å². The highest BCUT2D eigenvalue weighted by Gasteiger charge is 2.10. The number of benzene rings is 2. The molecule has 1 aliphatic rings. The molecule has 0 aromatic heterocycles. The van der Waals surface area contributed by atoms with Crippen molar-refractivity contribution in [3.05, 3.63) is 59.0 Å². The van der Waals surface area contributed by atoms with Gasteiger partial charge in [-0.05, 0) is 33.3 Å². The van der Waals surface area contributed by atoms with Crippen LogP contribution in [-0.2, 0) is 0 Å². The minimum Gasteiger partial charge on any atom is -0.0750 e. The zero-order valence-electron chi connectivity index (χ0n) is 10.3. The van der Waals surface area contributed by atoms with E-state index in [2.05, 4.69) is 74.5 Å². The summed E-state index contributed by atoms with van der Waals surface area (Å²) in [5.41, 5.74) is 0.129. The first-order valence-corrected chi connectivity index (χ1v) is 6.05. The molecule has 0 radical (unpaired) electrons. The number of rotatable bonds is 0. The van der Waals surface area contributed by atoms with Crippen molar-refractivity contribution in [3.8, 4) is 0 Å². The lowest BCUT2D eigenvalue weighted by Gasteiger charge is -2.13. The largest absolute Gasteiger partial charge is 0.0750 e. The van der Waals surface area contributed by atoms with Gasteiger partial charge in [0.2, 0.25) is 0 Å². The highest BCUT2D eigenvalue weighted by Crippen LogP contribution is 2.20. The van der Waals surface area contributed by atoms with Crippen LogP contribution < -0.4 is 10.4 Å². The molecular weight excluding hydrogens is 204 g/mol. The van der Waals surface area contributed by atoms with Crippen molar-refractivity contribution in [2.24, 2.45) is 5.41 Å². The Balaban J connectivity index is 2.44. The van der Waals surface area contributed by atoms with E-state index in [-0.39, 0.29) is 5.41 Å². The fourth-order valence-corrected chi connectivity index (χ4v) is 2.39. The molecule has 0 heteroatoms. The van der Waals surface area contributed by atoms with Crippen LogP contribution in [0.4, 0.5) is 0 Å². The fourth-order valence-electron chi connectivity index (χ4n) is 2.39. The van der Waals surface area contributed by atoms with E-state index in [1.165, 1.54) is 21.2 Å². The van der Waals surface area contributed by atoms with Gasteiger partial charge in [-0.1, -0.05) is 62.4 Å². The molecule has 0 unspecified atom stereocenters. The van der Waals surface area contributed by atoms with Crippen molar-refractivity contribution in [2.75, 3.05) is 0 Å². The van der Waals surface area contributed by atoms with Crippen LogP contribution in [0.15, 0.2) is 48.6 Å². The molecule has 0 fully saturated rings. The van der Waals surface area contributed by atoms with Gasteiger partial charge in [-0.25, -0.2) is 0 Å². The Labute approximate surface area is 102 Å². The Bertz CT molecular complexity index is 715. The highest BCUT2D eigenvalue weighted by molar-refractivity contribution is 5.83. The van der Waals surface area contributed by atoms with Gasteiger partial charge in [-0.3, -0.25) is 0 Å². The lowest BCUT2D eigenvalue weighted by atomic mass is 9.92. The van der Waals surface area contributed by atoms with Crippen molar-refractivity contribution in [1.29, 1.82) is 0 Å². The average Bonchev–Trinajstić information content (AvgIpc) is 2.42. The Morgan fingerprint density at radius 3 is 2.24 bits per heavy atom. The lowest BCUT2D eigenvalue weighted by Crippen LogP contribution is -2.25. The highest BCUT2D eigenvalue weighted by atomic mass is 14.1. The zero-order chi connectivity index (χ0) is 11.9. The SMILES string of the molecule is CC1(C)C=CC=c2cc3ccccc3cc2=C1. The van der Waals surface area contributed by atoms with Crippen LogP contribution in [0, 0.1) is 5.41 Å². The average molecular weight is 220 g/mol. The monoisotopic (exact) mass is 220 g/mol. The van der Waals surface area contributed by atoms with Gasteiger partial charge in [0, 0.05) is 5.41 Å². The molecule has 0 saturated heterocycles. The Hall–Kier alpha value is -1.82. The normalized spacial score (nSPS) is 16.8. The second kappa shape index (κ2) is 3.59. The van der Waals surface area contributed by atoms with Gasteiger partial charge in [0.1, 0.15) is 0 Å². The number of allylic oxidation sites excluding steroid dienone is 2. The molecule has 0 amide bonds. The number of fused-ring (bicyclic) bond motifs is 2. The van der Waals surface area contributed by atoms with Crippen molar-refractivity contribution < 1.29 is 0 Å². The third-order valence-corrected chi connectivity index (χ3v) is 3.28. The van der Waals surface area contributed by atoms with E-state index in [0.717, 1.165) is 0 Å². The third kappa shape index (κ3) is 1.91. The van der Waals surface area contributed by atoms with Crippen LogP contribution in [0.2, 0.25) is 0 Å². The molecule has 0 aliphatic heterocycles. The van der Waals surface area contributed by atoms with E-state index in [4.69, 9.17) is 0 Å². The molecule has 0 N–H and O–H groups in total. The summed E-state index contributed by atoms with van der Waals surface area (Å²) in [4.78, 5) is 0. The molecule has 84 valence electrons. The van der Waals surface area contributed by atoms with Gasteiger partial charge in [0.25, 0.3) is 0 Å². The molecule has 0 bridgehead atoms. The van der Waals surface area contributed by atoms with E-state index >= 15 is 0 Å². The van der Waals surface area contributed by atoms with Gasteiger partial charge < -0.3 is 0 Å². The summed E-state index contributed by atoms with van der Waals surface area (Å²) in [5, 5.41) is 5.27. The maximum atomic E-state index is 2.34. The molecule has 2 aromatic carbocycles. The Morgan fingerprint density at radius 1 is 0.882 bits per heavy atom. The summed E-state index contributed by atoms with van der Waals surface area (Å²) < 4.78 is 0. The fraction of sp³-hybridized carbons (Fsp3) is 0.176. The molecule has 17 heavy (non-hydrogen) atoms. The first kappa shape index (κ1) is 10.3. The number of hydrogen-bond donors (Lipinski definition) is 0. The molecule has 0 atom stereocenters. The maximum absolute atomic E-state index is 2.34. The molecule has 1 aliphatic carbocycles. The zero-order valence-corrected chi connectivity index (χ0v) is 10.3. The van der Waals surface area contributed by atoms with Crippen LogP contribution in [0.25, 0.3) is 22.9 Å². The topological polar surface area (TPSA) is 0 Å². The van der Waals surface area contributed by atoms with Crippen LogP contribution >= 0.6 is 0 Å². The molecular formula is C17H16. The predicted molar refractivity (Wildman–Crippen MR) is 75.0 cm³/mol. The van der Waals surface area contributed by atoms with Crippen LogP contribution in [0.1, 0.15) is 13.8 Å². The lowest BCUT2D eigenvalue weighted by molar-refractivity contribution is 0.671. The minimum absolute atomic E-state index is 0.129. The maximum Gasteiger partial charge on any atom is 0.00167 e. The molecule has 0 saturated carbocycles. The predicted octanol–water partition coefficient (Wildman–Crippen LogP) is 3.00. The van der Waals surface area contributed by atoms with Gasteiger partial charge in [-0.15, -0.1) is 0 Å². The summed E-state index contributed by atoms with van der Waals surface area (Å²) in [7, 11) is 0. The summed E-state index contributed by atoms with van der Waals surface area (Å²) in [6.45, 7) is 4.48. The quantitative estimate of drug-likeness (QED) is 0.640. The summed E-state index contributed by atoms with van der Waals surface area (Å²) in [5.74, 6) is 0. The van der Waals surface area contributed by atoms with E-state index in [1.54, 1.807) is 0 Å². The van der Waals surface area contributed by atoms with Crippen molar-refractivity contribution in [1.82, 2.24) is 0 Å². The first-order chi connectivity index (χ1) is 8.14. The van der Waals surface area contributed by atoms with Crippen LogP contribution in [0.3, 0.4) is 0 Å². The van der Waals surface area contributed by atoms with E-state index in [0.29, 0.717) is 0 Å². The molecule has 0 nitrogen and oxygen atoms in total. The second-order valence-electron chi connectivity index (χ2n) is 5.32. The standard InChI is InChI=1S/C17H16/c1-17(2)9-5-8-15-10-13-6-3-4-7-14(13)11-16(15)12-17/h3-12H,1-2H3. The molecule has 2 aromatic rings. The summed E-state index contributed by atoms with van der Waals surface area (Å²) in [6, 6.07) is 13.1. The summed E-state index contributed by atoms with van der Waals surface area (Å²) in [6.07, 6.45) is 8.95. The Morgan fingerprint density at radius 2 is 1.53 bits per heavy atom. The van der Waals surface area contributed by atoms with Gasteiger partial charge in [0.05, 0.1) is 0 Å². The van der Waals surface area contributed by atoms with Crippen molar-refractivity contribution >= 4 is 22.9 Å². The second-order valence-corrected chi connectivity index (χ2v) is 5.32. The first-order valence-electron chi connectivity index (χ1n) is 6.05. The van der Waals surface area contributed by atoms with Gasteiger partial charge >= 0.3 is 0 Å². The molecule has 0 spiro atoms.